The van der Waals surface area contributed by atoms with Gasteiger partial charge in [-0.1, -0.05) is 6.07 Å². The van der Waals surface area contributed by atoms with Crippen LogP contribution in [0.4, 0.5) is 16.3 Å². The Labute approximate surface area is 134 Å². The summed E-state index contributed by atoms with van der Waals surface area (Å²) in [6.45, 7) is 0.200. The number of nitrogens with two attached hydrogens (primary N) is 1. The third kappa shape index (κ3) is 1.81. The first-order valence-electron chi connectivity index (χ1n) is 7.05. The predicted octanol–water partition coefficient (Wildman–Crippen LogP) is -0.0616. The molecule has 1 aromatic heterocycles. The Kier molecular flexibility index (Phi) is 2.73. The van der Waals surface area contributed by atoms with Crippen LogP contribution in [0.15, 0.2) is 29.1 Å². The molecular formula is C15H11N5O4. The Balaban J connectivity index is 2.00. The van der Waals surface area contributed by atoms with Crippen LogP contribution in [0.5, 0.6) is 0 Å². The number of rotatable bonds is 1. The minimum absolute atomic E-state index is 0.0231. The van der Waals surface area contributed by atoms with E-state index in [1.165, 1.54) is 0 Å². The highest BCUT2D eigenvalue weighted by Gasteiger charge is 2.32. The molecule has 9 nitrogen and oxygen atoms in total. The summed E-state index contributed by atoms with van der Waals surface area (Å²) in [6.07, 6.45) is 0. The summed E-state index contributed by atoms with van der Waals surface area (Å²) >= 11 is 0. The van der Waals surface area contributed by atoms with Gasteiger partial charge in [-0.3, -0.25) is 24.3 Å². The third-order valence-electron chi connectivity index (χ3n) is 4.02. The van der Waals surface area contributed by atoms with Gasteiger partial charge in [0.2, 0.25) is 0 Å². The van der Waals surface area contributed by atoms with E-state index in [-0.39, 0.29) is 29.5 Å². The van der Waals surface area contributed by atoms with E-state index in [4.69, 9.17) is 5.73 Å². The van der Waals surface area contributed by atoms with Crippen LogP contribution in [-0.2, 0) is 6.54 Å². The molecule has 2 aliphatic rings. The Hall–Kier alpha value is -3.62. The van der Waals surface area contributed by atoms with Gasteiger partial charge in [-0.25, -0.2) is 4.79 Å². The molecule has 0 radical (unpaired) electrons. The summed E-state index contributed by atoms with van der Waals surface area (Å²) in [7, 11) is 0. The number of fused-ring (bicyclic) bond motifs is 2. The minimum Gasteiger partial charge on any atom is -0.384 e. The molecule has 4 amide bonds. The van der Waals surface area contributed by atoms with Crippen LogP contribution < -0.4 is 27.2 Å². The molecule has 9 heteroatoms. The van der Waals surface area contributed by atoms with Gasteiger partial charge in [-0.2, -0.15) is 0 Å². The fraction of sp³-hybridized carbons (Fsp3) is 0.0667. The zero-order chi connectivity index (χ0) is 17.0. The molecule has 5 N–H and O–H groups in total. The Morgan fingerprint density at radius 3 is 2.62 bits per heavy atom. The summed E-state index contributed by atoms with van der Waals surface area (Å²) in [6, 6.07) is 5.74. The number of nitrogens with one attached hydrogen (secondary N) is 3. The molecule has 0 spiro atoms. The lowest BCUT2D eigenvalue weighted by molar-refractivity contribution is 0.0880. The van der Waals surface area contributed by atoms with Crippen molar-refractivity contribution in [3.05, 3.63) is 51.3 Å². The number of carbonyl (C=O) groups is 3. The second kappa shape index (κ2) is 4.69. The zero-order valence-corrected chi connectivity index (χ0v) is 12.2. The molecule has 0 unspecified atom stereocenters. The normalized spacial score (nSPS) is 15.2. The minimum atomic E-state index is -0.644. The SMILES string of the molecule is Nc1c2c(cc(=O)n1-c1cccc3c1CNC(=O)N3)C(=O)NC2=O. The lowest BCUT2D eigenvalue weighted by Crippen LogP contribution is -2.35. The van der Waals surface area contributed by atoms with Crippen LogP contribution in [0.2, 0.25) is 0 Å². The van der Waals surface area contributed by atoms with E-state index in [1.54, 1.807) is 18.2 Å². The van der Waals surface area contributed by atoms with Gasteiger partial charge in [0.1, 0.15) is 5.82 Å². The first-order chi connectivity index (χ1) is 11.5. The van der Waals surface area contributed by atoms with E-state index in [0.717, 1.165) is 10.6 Å². The van der Waals surface area contributed by atoms with E-state index in [0.29, 0.717) is 16.9 Å². The van der Waals surface area contributed by atoms with Crippen LogP contribution in [0.25, 0.3) is 5.69 Å². The van der Waals surface area contributed by atoms with Gasteiger partial charge in [-0.15, -0.1) is 0 Å². The maximum Gasteiger partial charge on any atom is 0.319 e. The average molecular weight is 325 g/mol. The van der Waals surface area contributed by atoms with Crippen molar-refractivity contribution in [2.75, 3.05) is 11.1 Å². The topological polar surface area (TPSA) is 135 Å². The highest BCUT2D eigenvalue weighted by molar-refractivity contribution is 6.23. The van der Waals surface area contributed by atoms with Gasteiger partial charge in [-0.05, 0) is 12.1 Å². The van der Waals surface area contributed by atoms with E-state index >= 15 is 0 Å². The summed E-state index contributed by atoms with van der Waals surface area (Å²) < 4.78 is 1.16. The number of hydrogen-bond acceptors (Lipinski definition) is 5. The van der Waals surface area contributed by atoms with Crippen molar-refractivity contribution in [2.24, 2.45) is 0 Å². The lowest BCUT2D eigenvalue weighted by atomic mass is 10.1. The summed E-state index contributed by atoms with van der Waals surface area (Å²) in [5.41, 5.74) is 7.05. The molecule has 0 aliphatic carbocycles. The van der Waals surface area contributed by atoms with Gasteiger partial charge >= 0.3 is 6.03 Å². The monoisotopic (exact) mass is 325 g/mol. The number of imide groups is 1. The Bertz CT molecular complexity index is 1010. The van der Waals surface area contributed by atoms with Crippen molar-refractivity contribution >= 4 is 29.4 Å². The van der Waals surface area contributed by atoms with Crippen molar-refractivity contribution in [3.8, 4) is 5.69 Å². The molecule has 0 fully saturated rings. The number of nitrogen functional groups attached to an aromatic ring is 1. The van der Waals surface area contributed by atoms with Crippen LogP contribution in [0.1, 0.15) is 26.3 Å². The standard InChI is InChI=1S/C15H11N5O4/c16-12-11-6(13(22)19-14(11)23)4-10(21)20(12)9-3-1-2-8-7(9)5-17-15(24)18-8/h1-4H,5,16H2,(H2,17,18,24)(H,19,22,23). The maximum atomic E-state index is 12.5. The number of hydrogen-bond donors (Lipinski definition) is 4. The van der Waals surface area contributed by atoms with Crippen LogP contribution in [0, 0.1) is 0 Å². The van der Waals surface area contributed by atoms with Crippen molar-refractivity contribution in [1.82, 2.24) is 15.2 Å². The molecule has 0 bridgehead atoms. The molecule has 3 heterocycles. The van der Waals surface area contributed by atoms with Crippen LogP contribution in [-0.4, -0.2) is 22.4 Å². The lowest BCUT2D eigenvalue weighted by Gasteiger charge is -2.22. The number of amides is 4. The van der Waals surface area contributed by atoms with Gasteiger partial charge in [0.25, 0.3) is 17.4 Å². The van der Waals surface area contributed by atoms with Crippen molar-refractivity contribution in [3.63, 3.8) is 0 Å². The first kappa shape index (κ1) is 14.0. The number of benzene rings is 1. The summed E-state index contributed by atoms with van der Waals surface area (Å²) in [4.78, 5) is 47.6. The Morgan fingerprint density at radius 1 is 1.04 bits per heavy atom. The van der Waals surface area contributed by atoms with Crippen molar-refractivity contribution in [2.45, 2.75) is 6.54 Å². The van der Waals surface area contributed by atoms with Gasteiger partial charge in [0, 0.05) is 23.9 Å². The number of urea groups is 1. The highest BCUT2D eigenvalue weighted by Crippen LogP contribution is 2.29. The van der Waals surface area contributed by atoms with Gasteiger partial charge in [0.15, 0.2) is 0 Å². The van der Waals surface area contributed by atoms with Crippen molar-refractivity contribution in [1.29, 1.82) is 0 Å². The molecule has 0 saturated heterocycles. The van der Waals surface area contributed by atoms with Gasteiger partial charge in [0.05, 0.1) is 16.8 Å². The smallest absolute Gasteiger partial charge is 0.319 e. The maximum absolute atomic E-state index is 12.5. The summed E-state index contributed by atoms with van der Waals surface area (Å²) in [5.74, 6) is -1.40. The fourth-order valence-electron chi connectivity index (χ4n) is 2.95. The largest absolute Gasteiger partial charge is 0.384 e. The second-order valence-corrected chi connectivity index (χ2v) is 5.39. The quantitative estimate of drug-likeness (QED) is 0.545. The van der Waals surface area contributed by atoms with E-state index in [2.05, 4.69) is 16.0 Å². The van der Waals surface area contributed by atoms with Gasteiger partial charge < -0.3 is 16.4 Å². The summed E-state index contributed by atoms with van der Waals surface area (Å²) in [5, 5.41) is 7.37. The molecule has 2 aromatic rings. The predicted molar refractivity (Wildman–Crippen MR) is 84.1 cm³/mol. The first-order valence-corrected chi connectivity index (χ1v) is 7.05. The molecule has 4 rings (SSSR count). The second-order valence-electron chi connectivity index (χ2n) is 5.39. The molecule has 24 heavy (non-hydrogen) atoms. The molecule has 2 aliphatic heterocycles. The highest BCUT2D eigenvalue weighted by atomic mass is 16.2. The molecule has 120 valence electrons. The molecule has 1 aromatic carbocycles. The van der Waals surface area contributed by atoms with Crippen LogP contribution in [0.3, 0.4) is 0 Å². The average Bonchev–Trinajstić information content (AvgIpc) is 2.81. The molecular weight excluding hydrogens is 314 g/mol. The fourth-order valence-corrected chi connectivity index (χ4v) is 2.95. The third-order valence-corrected chi connectivity index (χ3v) is 4.02. The Morgan fingerprint density at radius 2 is 1.83 bits per heavy atom. The number of nitrogens with zero attached hydrogens (tertiary/aromatic N) is 1. The van der Waals surface area contributed by atoms with E-state index in [9.17, 15) is 19.2 Å². The van der Waals surface area contributed by atoms with Crippen molar-refractivity contribution < 1.29 is 14.4 Å². The number of aromatic nitrogens is 1. The number of anilines is 2. The molecule has 0 saturated carbocycles. The van der Waals surface area contributed by atoms with Crippen LogP contribution >= 0.6 is 0 Å². The zero-order valence-electron chi connectivity index (χ0n) is 12.2. The number of pyridine rings is 1. The van der Waals surface area contributed by atoms with E-state index < -0.39 is 17.4 Å². The van der Waals surface area contributed by atoms with E-state index in [1.807, 2.05) is 0 Å². The molecule has 0 atom stereocenters. The number of carbonyl (C=O) groups excluding carboxylic acids is 3.